The highest BCUT2D eigenvalue weighted by molar-refractivity contribution is 6.28. The minimum atomic E-state index is -0.259. The quantitative estimate of drug-likeness (QED) is 0.747. The fraction of sp³-hybridized carbons (Fsp3) is 0.286. The fourth-order valence-electron chi connectivity index (χ4n) is 1.97. The van der Waals surface area contributed by atoms with Gasteiger partial charge in [-0.15, -0.1) is 0 Å². The maximum absolute atomic E-state index is 11.7. The van der Waals surface area contributed by atoms with E-state index in [0.29, 0.717) is 11.6 Å². The number of nitrogens with zero attached hydrogens (tertiary/aromatic N) is 1. The van der Waals surface area contributed by atoms with Crippen molar-refractivity contribution in [3.05, 3.63) is 42.0 Å². The van der Waals surface area contributed by atoms with Gasteiger partial charge in [0.15, 0.2) is 0 Å². The van der Waals surface area contributed by atoms with Crippen molar-refractivity contribution < 1.29 is 9.59 Å². The number of carbonyl (C=O) groups excluding carboxylic acids is 2. The summed E-state index contributed by atoms with van der Waals surface area (Å²) in [6.45, 7) is 4.19. The van der Waals surface area contributed by atoms with Crippen LogP contribution in [-0.4, -0.2) is 11.8 Å². The fourth-order valence-corrected chi connectivity index (χ4v) is 1.97. The molecule has 0 aliphatic carbocycles. The number of anilines is 1. The van der Waals surface area contributed by atoms with Gasteiger partial charge in [0.2, 0.25) is 0 Å². The summed E-state index contributed by atoms with van der Waals surface area (Å²) in [6, 6.07) is 7.58. The Hall–Kier alpha value is -1.90. The minimum absolute atomic E-state index is 0.259. The van der Waals surface area contributed by atoms with E-state index < -0.39 is 0 Å². The van der Waals surface area contributed by atoms with Crippen LogP contribution < -0.4 is 4.90 Å². The lowest BCUT2D eigenvalue weighted by atomic mass is 9.96. The standard InChI is InChI=1S/C14H15NO2/c1-3-10(2)11-6-4-5-7-12(11)15-13(16)8-9-14(15)17/h4-10H,3H2,1-2H3. The van der Waals surface area contributed by atoms with Gasteiger partial charge in [-0.2, -0.15) is 0 Å². The molecule has 3 nitrogen and oxygen atoms in total. The largest absolute Gasteiger partial charge is 0.269 e. The zero-order chi connectivity index (χ0) is 12.4. The van der Waals surface area contributed by atoms with Crippen LogP contribution in [-0.2, 0) is 9.59 Å². The summed E-state index contributed by atoms with van der Waals surface area (Å²) in [7, 11) is 0. The summed E-state index contributed by atoms with van der Waals surface area (Å²) in [5.41, 5.74) is 1.75. The Labute approximate surface area is 101 Å². The number of benzene rings is 1. The third-order valence-corrected chi connectivity index (χ3v) is 3.13. The Kier molecular flexibility index (Phi) is 3.09. The van der Waals surface area contributed by atoms with Crippen LogP contribution in [0.2, 0.25) is 0 Å². The average molecular weight is 229 g/mol. The number of hydrogen-bond donors (Lipinski definition) is 0. The van der Waals surface area contributed by atoms with E-state index in [1.54, 1.807) is 0 Å². The van der Waals surface area contributed by atoms with Crippen molar-refractivity contribution in [2.24, 2.45) is 0 Å². The molecule has 1 heterocycles. The molecule has 0 saturated carbocycles. The van der Waals surface area contributed by atoms with Crippen LogP contribution in [0.25, 0.3) is 0 Å². The van der Waals surface area contributed by atoms with E-state index in [-0.39, 0.29) is 11.8 Å². The highest BCUT2D eigenvalue weighted by atomic mass is 16.2. The van der Waals surface area contributed by atoms with E-state index in [9.17, 15) is 9.59 Å². The first kappa shape index (κ1) is 11.6. The first-order valence-corrected chi connectivity index (χ1v) is 5.80. The average Bonchev–Trinajstić information content (AvgIpc) is 2.68. The number of amides is 2. The number of carbonyl (C=O) groups is 2. The van der Waals surface area contributed by atoms with Gasteiger partial charge in [0.05, 0.1) is 5.69 Å². The summed E-state index contributed by atoms with van der Waals surface area (Å²) in [5, 5.41) is 0. The van der Waals surface area contributed by atoms with Crippen molar-refractivity contribution in [2.75, 3.05) is 4.90 Å². The molecule has 3 heteroatoms. The van der Waals surface area contributed by atoms with E-state index in [0.717, 1.165) is 12.0 Å². The molecular weight excluding hydrogens is 214 g/mol. The Balaban J connectivity index is 2.45. The maximum atomic E-state index is 11.7. The Morgan fingerprint density at radius 2 is 1.71 bits per heavy atom. The molecule has 0 bridgehead atoms. The van der Waals surface area contributed by atoms with Gasteiger partial charge in [-0.25, -0.2) is 4.90 Å². The van der Waals surface area contributed by atoms with E-state index in [4.69, 9.17) is 0 Å². The van der Waals surface area contributed by atoms with Crippen molar-refractivity contribution in [1.29, 1.82) is 0 Å². The number of hydrogen-bond acceptors (Lipinski definition) is 2. The minimum Gasteiger partial charge on any atom is -0.269 e. The molecule has 2 amide bonds. The maximum Gasteiger partial charge on any atom is 0.258 e. The zero-order valence-corrected chi connectivity index (χ0v) is 10.0. The Bertz CT molecular complexity index is 473. The topological polar surface area (TPSA) is 37.4 Å². The molecule has 0 fully saturated rings. The van der Waals surface area contributed by atoms with Gasteiger partial charge in [-0.3, -0.25) is 9.59 Å². The first-order chi connectivity index (χ1) is 8.15. The summed E-state index contributed by atoms with van der Waals surface area (Å²) in [4.78, 5) is 24.6. The van der Waals surface area contributed by atoms with Crippen LogP contribution in [0.5, 0.6) is 0 Å². The van der Waals surface area contributed by atoms with Gasteiger partial charge in [0.25, 0.3) is 11.8 Å². The molecule has 1 aromatic rings. The third-order valence-electron chi connectivity index (χ3n) is 3.13. The van der Waals surface area contributed by atoms with E-state index in [1.165, 1.54) is 17.1 Å². The van der Waals surface area contributed by atoms with Crippen LogP contribution in [0.4, 0.5) is 5.69 Å². The summed E-state index contributed by atoms with van der Waals surface area (Å²) in [6.07, 6.45) is 3.60. The molecule has 1 aliphatic heterocycles. The molecule has 0 saturated heterocycles. The van der Waals surface area contributed by atoms with Gasteiger partial charge >= 0.3 is 0 Å². The normalized spacial score (nSPS) is 16.7. The lowest BCUT2D eigenvalue weighted by Crippen LogP contribution is -2.30. The number of imide groups is 1. The predicted octanol–water partition coefficient (Wildman–Crippen LogP) is 2.63. The van der Waals surface area contributed by atoms with E-state index >= 15 is 0 Å². The molecule has 17 heavy (non-hydrogen) atoms. The highest BCUT2D eigenvalue weighted by Gasteiger charge is 2.27. The SMILES string of the molecule is CCC(C)c1ccccc1N1C(=O)C=CC1=O. The van der Waals surface area contributed by atoms with Gasteiger partial charge in [-0.1, -0.05) is 32.0 Å². The Morgan fingerprint density at radius 1 is 1.12 bits per heavy atom. The highest BCUT2D eigenvalue weighted by Crippen LogP contribution is 2.30. The second-order valence-corrected chi connectivity index (χ2v) is 4.21. The van der Waals surface area contributed by atoms with Crippen LogP contribution in [0.1, 0.15) is 31.7 Å². The van der Waals surface area contributed by atoms with Crippen molar-refractivity contribution in [1.82, 2.24) is 0 Å². The predicted molar refractivity (Wildman–Crippen MR) is 66.8 cm³/mol. The van der Waals surface area contributed by atoms with Gasteiger partial charge in [0, 0.05) is 12.2 Å². The first-order valence-electron chi connectivity index (χ1n) is 5.80. The van der Waals surface area contributed by atoms with Crippen molar-refractivity contribution in [3.8, 4) is 0 Å². The molecule has 2 rings (SSSR count). The second-order valence-electron chi connectivity index (χ2n) is 4.21. The van der Waals surface area contributed by atoms with Crippen molar-refractivity contribution in [2.45, 2.75) is 26.2 Å². The molecule has 0 spiro atoms. The monoisotopic (exact) mass is 229 g/mol. The number of rotatable bonds is 3. The van der Waals surface area contributed by atoms with Crippen LogP contribution in [0.15, 0.2) is 36.4 Å². The van der Waals surface area contributed by atoms with Gasteiger partial charge < -0.3 is 0 Å². The summed E-state index contributed by atoms with van der Waals surface area (Å²) < 4.78 is 0. The lowest BCUT2D eigenvalue weighted by molar-refractivity contribution is -0.119. The molecule has 1 atom stereocenters. The molecule has 88 valence electrons. The van der Waals surface area contributed by atoms with Crippen molar-refractivity contribution in [3.63, 3.8) is 0 Å². The molecule has 1 aliphatic rings. The third kappa shape index (κ3) is 2.00. The molecule has 0 radical (unpaired) electrons. The number of para-hydroxylation sites is 1. The van der Waals surface area contributed by atoms with Crippen LogP contribution >= 0.6 is 0 Å². The van der Waals surface area contributed by atoms with Gasteiger partial charge in [0.1, 0.15) is 0 Å². The van der Waals surface area contributed by atoms with Crippen LogP contribution in [0.3, 0.4) is 0 Å². The Morgan fingerprint density at radius 3 is 2.29 bits per heavy atom. The molecule has 1 aromatic carbocycles. The lowest BCUT2D eigenvalue weighted by Gasteiger charge is -2.21. The molecule has 0 N–H and O–H groups in total. The smallest absolute Gasteiger partial charge is 0.258 e. The van der Waals surface area contributed by atoms with Gasteiger partial charge in [-0.05, 0) is 24.0 Å². The van der Waals surface area contributed by atoms with Crippen LogP contribution in [0, 0.1) is 0 Å². The van der Waals surface area contributed by atoms with E-state index in [2.05, 4.69) is 13.8 Å². The zero-order valence-electron chi connectivity index (χ0n) is 10.0. The second kappa shape index (κ2) is 4.53. The summed E-state index contributed by atoms with van der Waals surface area (Å²) >= 11 is 0. The molecule has 0 aromatic heterocycles. The molecular formula is C14H15NO2. The van der Waals surface area contributed by atoms with E-state index in [1.807, 2.05) is 24.3 Å². The summed E-state index contributed by atoms with van der Waals surface area (Å²) in [5.74, 6) is -0.191. The molecule has 1 unspecified atom stereocenters. The van der Waals surface area contributed by atoms with Crippen molar-refractivity contribution >= 4 is 17.5 Å².